The second-order valence-corrected chi connectivity index (χ2v) is 13.9. The van der Waals surface area contributed by atoms with Crippen LogP contribution in [0, 0.1) is 12.3 Å². The van der Waals surface area contributed by atoms with Crippen LogP contribution in [0.15, 0.2) is 71.3 Å². The molecule has 4 N–H and O–H groups in total. The zero-order valence-electron chi connectivity index (χ0n) is 24.5. The van der Waals surface area contributed by atoms with Gasteiger partial charge in [-0.15, -0.1) is 0 Å². The molecule has 0 amide bonds. The van der Waals surface area contributed by atoms with E-state index in [2.05, 4.69) is 45.1 Å². The van der Waals surface area contributed by atoms with Gasteiger partial charge in [-0.05, 0) is 0 Å². The summed E-state index contributed by atoms with van der Waals surface area (Å²) in [6.45, 7) is 6.61. The molecule has 4 nitrogen and oxygen atoms in total. The molecule has 5 heteroatoms. The summed E-state index contributed by atoms with van der Waals surface area (Å²) in [7, 11) is 0. The summed E-state index contributed by atoms with van der Waals surface area (Å²) in [5.41, 5.74) is 14.4. The molecule has 3 aliphatic rings. The van der Waals surface area contributed by atoms with Crippen LogP contribution in [0.1, 0.15) is 106 Å². The second kappa shape index (κ2) is 12.2. The van der Waals surface area contributed by atoms with Crippen molar-refractivity contribution in [1.29, 1.82) is 0 Å². The molecule has 0 aliphatic heterocycles. The van der Waals surface area contributed by atoms with Gasteiger partial charge in [0.2, 0.25) is 0 Å². The first-order valence-electron chi connectivity index (χ1n) is 15.1. The molecule has 40 heavy (non-hydrogen) atoms. The van der Waals surface area contributed by atoms with Gasteiger partial charge < -0.3 is 0 Å². The standard InChI is InChI=1S/C35H45NO3.Hg/c1-23-18-26(37)20-25(34(3)14-8-4-9-15-34)21-28(23)33(27-12-6-7-13-31(27)38)29-22-30(32(39)19-24(29)2)35(36)16-10-5-11-17-35;/h6-7,12-13,18-22,26,33,37-39H,4-5,8-11,14-17,36H2,1-3H3;/q;+1/p-1. The summed E-state index contributed by atoms with van der Waals surface area (Å²) in [6, 6.07) is 12.2. The molecule has 2 saturated carbocycles. The summed E-state index contributed by atoms with van der Waals surface area (Å²) in [5.74, 6) is 1.00. The third-order valence-electron chi connectivity index (χ3n) is 9.87. The van der Waals surface area contributed by atoms with E-state index in [9.17, 15) is 10.2 Å². The summed E-state index contributed by atoms with van der Waals surface area (Å²) >= 11 is 0.144. The number of aryl methyl sites for hydroxylation is 1. The molecule has 5 rings (SSSR count). The Balaban J connectivity index is 1.74. The van der Waals surface area contributed by atoms with Gasteiger partial charge in [-0.1, -0.05) is 6.42 Å². The first kappa shape index (κ1) is 29.6. The van der Waals surface area contributed by atoms with Crippen molar-refractivity contribution in [3.05, 3.63) is 93.6 Å². The van der Waals surface area contributed by atoms with E-state index in [0.29, 0.717) is 0 Å². The fourth-order valence-corrected chi connectivity index (χ4v) is 8.35. The van der Waals surface area contributed by atoms with Gasteiger partial charge in [0, 0.05) is 0 Å². The SMILES string of the molecule is CC1=CC(O)C=C(C2(C)CCCCC2)C=C1C(c1cc(C2(N)CCCCC2)c([O][Hg])cc1C)c1ccccc1O. The van der Waals surface area contributed by atoms with Crippen LogP contribution in [0.5, 0.6) is 11.5 Å². The average Bonchev–Trinajstić information content (AvgIpc) is 3.09. The van der Waals surface area contributed by atoms with E-state index in [1.807, 2.05) is 24.3 Å². The average molecular weight is 727 g/mol. The number of phenolic OH excluding ortho intramolecular Hbond substituents is 1. The zero-order valence-corrected chi connectivity index (χ0v) is 30.0. The predicted molar refractivity (Wildman–Crippen MR) is 158 cm³/mol. The van der Waals surface area contributed by atoms with Crippen molar-refractivity contribution >= 4 is 0 Å². The van der Waals surface area contributed by atoms with Gasteiger partial charge in [-0.25, -0.2) is 0 Å². The van der Waals surface area contributed by atoms with Crippen molar-refractivity contribution < 1.29 is 39.4 Å². The van der Waals surface area contributed by atoms with Gasteiger partial charge in [0.25, 0.3) is 0 Å². The summed E-state index contributed by atoms with van der Waals surface area (Å²) in [5, 5.41) is 22.3. The van der Waals surface area contributed by atoms with Gasteiger partial charge in [0.1, 0.15) is 0 Å². The molecule has 3 aliphatic carbocycles. The Labute approximate surface area is 257 Å². The number of rotatable bonds is 6. The number of para-hydroxylation sites is 1. The number of hydrogen-bond donors (Lipinski definition) is 3. The van der Waals surface area contributed by atoms with Crippen molar-refractivity contribution in [2.75, 3.05) is 0 Å². The van der Waals surface area contributed by atoms with E-state index < -0.39 is 11.6 Å². The number of nitrogens with two attached hydrogens (primary N) is 1. The number of hydrogen-bond acceptors (Lipinski definition) is 4. The Hall–Kier alpha value is -1.88. The normalized spacial score (nSPS) is 23.4. The topological polar surface area (TPSA) is 75.7 Å². The fourth-order valence-electron chi connectivity index (χ4n) is 7.43. The van der Waals surface area contributed by atoms with Crippen LogP contribution >= 0.6 is 0 Å². The van der Waals surface area contributed by atoms with Gasteiger partial charge in [-0.2, -0.15) is 0 Å². The van der Waals surface area contributed by atoms with Crippen LogP contribution in [-0.2, 0) is 32.1 Å². The molecule has 2 unspecified atom stereocenters. The summed E-state index contributed by atoms with van der Waals surface area (Å²) in [6.07, 6.45) is 17.1. The van der Waals surface area contributed by atoms with Crippen LogP contribution in [0.3, 0.4) is 0 Å². The molecular formula is C35H44HgNO3. The Morgan fingerprint density at radius 1 is 0.925 bits per heavy atom. The Morgan fingerprint density at radius 2 is 1.57 bits per heavy atom. The monoisotopic (exact) mass is 728 g/mol. The van der Waals surface area contributed by atoms with Crippen LogP contribution < -0.4 is 8.38 Å². The maximum absolute atomic E-state index is 11.3. The molecule has 209 valence electrons. The van der Waals surface area contributed by atoms with E-state index in [-0.39, 0.29) is 43.7 Å². The Kier molecular flexibility index (Phi) is 8.99. The number of aliphatic hydroxyl groups excluding tert-OH is 1. The minimum absolute atomic E-state index is 0.0300. The fraction of sp³-hybridized carbons (Fsp3) is 0.486. The maximum atomic E-state index is 11.3. The third kappa shape index (κ3) is 5.87. The van der Waals surface area contributed by atoms with E-state index in [4.69, 9.17) is 8.38 Å². The van der Waals surface area contributed by atoms with Crippen molar-refractivity contribution in [2.45, 2.75) is 103 Å². The molecule has 2 aromatic carbocycles. The Morgan fingerprint density at radius 3 is 2.23 bits per heavy atom. The molecule has 2 aromatic rings. The molecule has 0 spiro atoms. The first-order valence-corrected chi connectivity index (χ1v) is 17.3. The van der Waals surface area contributed by atoms with Crippen LogP contribution in [0.25, 0.3) is 0 Å². The first-order chi connectivity index (χ1) is 19.1. The predicted octanol–water partition coefficient (Wildman–Crippen LogP) is 7.94. The van der Waals surface area contributed by atoms with Crippen molar-refractivity contribution in [1.82, 2.24) is 0 Å². The summed E-state index contributed by atoms with van der Waals surface area (Å²) in [4.78, 5) is 0. The van der Waals surface area contributed by atoms with E-state index in [1.165, 1.54) is 31.3 Å². The van der Waals surface area contributed by atoms with Crippen LogP contribution in [-0.4, -0.2) is 16.3 Å². The summed E-state index contributed by atoms with van der Waals surface area (Å²) < 4.78 is 6.12. The Bertz CT molecular complexity index is 1330. The zero-order chi connectivity index (χ0) is 28.5. The van der Waals surface area contributed by atoms with Gasteiger partial charge in [0.15, 0.2) is 0 Å². The molecule has 2 atom stereocenters. The second-order valence-electron chi connectivity index (χ2n) is 12.7. The molecule has 2 fully saturated rings. The number of aromatic hydroxyl groups is 1. The molecule has 0 aromatic heterocycles. The van der Waals surface area contributed by atoms with E-state index in [0.717, 1.165) is 77.7 Å². The quantitative estimate of drug-likeness (QED) is 0.265. The van der Waals surface area contributed by atoms with Crippen LogP contribution in [0.2, 0.25) is 0 Å². The van der Waals surface area contributed by atoms with E-state index in [1.54, 1.807) is 6.07 Å². The van der Waals surface area contributed by atoms with Gasteiger partial charge in [-0.3, -0.25) is 0 Å². The number of aliphatic hydroxyl groups is 1. The molecule has 0 heterocycles. The van der Waals surface area contributed by atoms with Crippen molar-refractivity contribution in [3.63, 3.8) is 0 Å². The third-order valence-corrected chi connectivity index (χ3v) is 11.1. The molecule has 0 bridgehead atoms. The number of allylic oxidation sites excluding steroid dienone is 4. The van der Waals surface area contributed by atoms with Gasteiger partial charge in [0.05, 0.1) is 0 Å². The molecular weight excluding hydrogens is 683 g/mol. The molecule has 0 saturated heterocycles. The van der Waals surface area contributed by atoms with Crippen LogP contribution in [0.4, 0.5) is 0 Å². The molecule has 0 radical (unpaired) electrons. The number of benzene rings is 2. The van der Waals surface area contributed by atoms with E-state index >= 15 is 0 Å². The van der Waals surface area contributed by atoms with Crippen molar-refractivity contribution in [3.8, 4) is 11.5 Å². The number of phenols is 1. The van der Waals surface area contributed by atoms with Crippen molar-refractivity contribution in [2.24, 2.45) is 11.1 Å². The minimum atomic E-state index is -0.637. The van der Waals surface area contributed by atoms with Gasteiger partial charge >= 0.3 is 252 Å².